The molecule has 4 N–H and O–H groups in total. The number of amides is 2. The van der Waals surface area contributed by atoms with Gasteiger partial charge in [0.15, 0.2) is 0 Å². The Morgan fingerprint density at radius 1 is 1.33 bits per heavy atom. The average molecular weight is 173 g/mol. The first kappa shape index (κ1) is 10.9. The highest BCUT2D eigenvalue weighted by Gasteiger charge is 2.12. The van der Waals surface area contributed by atoms with Crippen LogP contribution < -0.4 is 16.4 Å². The number of hydrogen-bond donors (Lipinski definition) is 3. The molecule has 0 aromatic rings. The number of carbonyl (C=O) groups excluding carboxylic acids is 2. The molecule has 70 valence electrons. The molecule has 0 aromatic carbocycles. The minimum Gasteiger partial charge on any atom is -0.359 e. The number of hydrogen-bond acceptors (Lipinski definition) is 3. The Bertz CT molecular complexity index is 170. The Hall–Kier alpha value is -1.10. The highest BCUT2D eigenvalue weighted by Crippen LogP contribution is 1.93. The highest BCUT2D eigenvalue weighted by atomic mass is 16.2. The Labute approximate surface area is 71.7 Å². The zero-order chi connectivity index (χ0) is 9.56. The lowest BCUT2D eigenvalue weighted by Gasteiger charge is -2.08. The fraction of sp³-hybridized carbons (Fsp3) is 0.714. The van der Waals surface area contributed by atoms with Crippen LogP contribution in [0, 0.1) is 0 Å². The van der Waals surface area contributed by atoms with Crippen LogP contribution in [0.4, 0.5) is 0 Å². The fourth-order valence-corrected chi connectivity index (χ4v) is 0.728. The molecule has 1 unspecified atom stereocenters. The van der Waals surface area contributed by atoms with Crippen molar-refractivity contribution in [1.82, 2.24) is 10.6 Å². The third kappa shape index (κ3) is 3.92. The molecule has 12 heavy (non-hydrogen) atoms. The van der Waals surface area contributed by atoms with E-state index in [9.17, 15) is 9.59 Å². The van der Waals surface area contributed by atoms with Gasteiger partial charge in [0.05, 0.1) is 6.04 Å². The Morgan fingerprint density at radius 3 is 2.33 bits per heavy atom. The zero-order valence-electron chi connectivity index (χ0n) is 7.39. The highest BCUT2D eigenvalue weighted by molar-refractivity contribution is 5.82. The average Bonchev–Trinajstić information content (AvgIpc) is 2.11. The van der Waals surface area contributed by atoms with Crippen molar-refractivity contribution in [2.24, 2.45) is 5.73 Å². The summed E-state index contributed by atoms with van der Waals surface area (Å²) in [5.74, 6) is -0.340. The van der Waals surface area contributed by atoms with Crippen LogP contribution in [0.1, 0.15) is 12.8 Å². The van der Waals surface area contributed by atoms with E-state index in [1.807, 2.05) is 0 Å². The van der Waals surface area contributed by atoms with Crippen molar-refractivity contribution in [3.05, 3.63) is 0 Å². The van der Waals surface area contributed by atoms with Gasteiger partial charge in [-0.1, -0.05) is 0 Å². The van der Waals surface area contributed by atoms with Crippen molar-refractivity contribution >= 4 is 11.8 Å². The summed E-state index contributed by atoms with van der Waals surface area (Å²) >= 11 is 0. The van der Waals surface area contributed by atoms with Gasteiger partial charge >= 0.3 is 0 Å². The summed E-state index contributed by atoms with van der Waals surface area (Å²) in [6.07, 6.45) is 0.657. The minimum absolute atomic E-state index is 0.102. The first-order chi connectivity index (χ1) is 5.61. The van der Waals surface area contributed by atoms with E-state index in [2.05, 4.69) is 10.6 Å². The predicted molar refractivity (Wildman–Crippen MR) is 45.3 cm³/mol. The predicted octanol–water partition coefficient (Wildman–Crippen LogP) is -1.41. The molecule has 0 spiro atoms. The first-order valence-corrected chi connectivity index (χ1v) is 3.79. The molecule has 0 rings (SSSR count). The van der Waals surface area contributed by atoms with Gasteiger partial charge in [-0.25, -0.2) is 0 Å². The number of carbonyl (C=O) groups is 2. The molecule has 0 saturated carbocycles. The van der Waals surface area contributed by atoms with Gasteiger partial charge < -0.3 is 16.4 Å². The van der Waals surface area contributed by atoms with E-state index in [1.54, 1.807) is 7.05 Å². The molecule has 5 nitrogen and oxygen atoms in total. The van der Waals surface area contributed by atoms with Gasteiger partial charge in [-0.05, 0) is 6.42 Å². The van der Waals surface area contributed by atoms with Crippen LogP contribution >= 0.6 is 0 Å². The Kier molecular flexibility index (Phi) is 5.03. The number of nitrogens with two attached hydrogens (primary N) is 1. The molecule has 0 aliphatic heterocycles. The Balaban J connectivity index is 3.63. The van der Waals surface area contributed by atoms with E-state index < -0.39 is 6.04 Å². The molecule has 0 fully saturated rings. The second-order valence-corrected chi connectivity index (χ2v) is 2.43. The lowest BCUT2D eigenvalue weighted by Crippen LogP contribution is -2.39. The molecule has 0 aromatic heterocycles. The van der Waals surface area contributed by atoms with Gasteiger partial charge in [-0.15, -0.1) is 0 Å². The van der Waals surface area contributed by atoms with Crippen LogP contribution in [-0.2, 0) is 9.59 Å². The maximum Gasteiger partial charge on any atom is 0.236 e. The number of nitrogens with one attached hydrogen (secondary N) is 2. The summed E-state index contributed by atoms with van der Waals surface area (Å²) in [6.45, 7) is 0. The minimum atomic E-state index is -0.590. The maximum absolute atomic E-state index is 10.8. The van der Waals surface area contributed by atoms with Crippen molar-refractivity contribution in [3.8, 4) is 0 Å². The maximum atomic E-state index is 10.8. The van der Waals surface area contributed by atoms with E-state index in [0.29, 0.717) is 6.42 Å². The fourth-order valence-electron chi connectivity index (χ4n) is 0.728. The number of rotatable bonds is 4. The van der Waals surface area contributed by atoms with Gasteiger partial charge in [0.2, 0.25) is 11.8 Å². The molecule has 0 aliphatic carbocycles. The second-order valence-electron chi connectivity index (χ2n) is 2.43. The summed E-state index contributed by atoms with van der Waals surface area (Å²) in [5.41, 5.74) is 5.44. The Morgan fingerprint density at radius 2 is 1.92 bits per heavy atom. The summed E-state index contributed by atoms with van der Waals surface area (Å²) in [6, 6.07) is -0.590. The second kappa shape index (κ2) is 5.54. The molecule has 0 heterocycles. The van der Waals surface area contributed by atoms with E-state index in [0.717, 1.165) is 0 Å². The molecule has 5 heteroatoms. The lowest BCUT2D eigenvalue weighted by atomic mass is 10.1. The van der Waals surface area contributed by atoms with Gasteiger partial charge in [0.1, 0.15) is 0 Å². The van der Waals surface area contributed by atoms with Crippen LogP contribution in [0.15, 0.2) is 0 Å². The molecule has 2 amide bonds. The van der Waals surface area contributed by atoms with Crippen molar-refractivity contribution in [1.29, 1.82) is 0 Å². The summed E-state index contributed by atoms with van der Waals surface area (Å²) < 4.78 is 0. The third-order valence-corrected chi connectivity index (χ3v) is 1.54. The van der Waals surface area contributed by atoms with Crippen molar-refractivity contribution in [2.45, 2.75) is 18.9 Å². The van der Waals surface area contributed by atoms with E-state index in [4.69, 9.17) is 5.73 Å². The molecular formula is C7H15N3O2. The SMILES string of the molecule is CNC(=O)CCC(N)C(=O)NC. The van der Waals surface area contributed by atoms with Crippen LogP contribution in [0.25, 0.3) is 0 Å². The van der Waals surface area contributed by atoms with E-state index >= 15 is 0 Å². The molecular weight excluding hydrogens is 158 g/mol. The molecule has 0 aliphatic rings. The van der Waals surface area contributed by atoms with Gasteiger partial charge in [0.25, 0.3) is 0 Å². The van der Waals surface area contributed by atoms with Crippen LogP contribution in [0.5, 0.6) is 0 Å². The van der Waals surface area contributed by atoms with E-state index in [-0.39, 0.29) is 18.2 Å². The smallest absolute Gasteiger partial charge is 0.236 e. The van der Waals surface area contributed by atoms with Crippen LogP contribution in [0.2, 0.25) is 0 Å². The topological polar surface area (TPSA) is 84.2 Å². The molecule has 0 bridgehead atoms. The molecule has 1 atom stereocenters. The van der Waals surface area contributed by atoms with Gasteiger partial charge in [-0.3, -0.25) is 9.59 Å². The molecule has 0 saturated heterocycles. The quantitative estimate of drug-likeness (QED) is 0.488. The van der Waals surface area contributed by atoms with Crippen LogP contribution in [0.3, 0.4) is 0 Å². The lowest BCUT2D eigenvalue weighted by molar-refractivity contribution is -0.123. The zero-order valence-corrected chi connectivity index (χ0v) is 7.39. The monoisotopic (exact) mass is 173 g/mol. The third-order valence-electron chi connectivity index (χ3n) is 1.54. The standard InChI is InChI=1S/C7H15N3O2/c1-9-6(11)4-3-5(8)7(12)10-2/h5H,3-4,8H2,1-2H3,(H,9,11)(H,10,12). The van der Waals surface area contributed by atoms with Gasteiger partial charge in [-0.2, -0.15) is 0 Å². The summed E-state index contributed by atoms with van der Waals surface area (Å²) in [4.78, 5) is 21.6. The normalized spacial score (nSPS) is 11.9. The van der Waals surface area contributed by atoms with Crippen molar-refractivity contribution in [2.75, 3.05) is 14.1 Å². The number of likely N-dealkylation sites (N-methyl/N-ethyl adjacent to an activating group) is 1. The summed E-state index contributed by atoms with van der Waals surface area (Å²) in [5, 5.41) is 4.86. The molecule has 0 radical (unpaired) electrons. The van der Waals surface area contributed by atoms with Gasteiger partial charge in [0, 0.05) is 20.5 Å². The first-order valence-electron chi connectivity index (χ1n) is 3.79. The van der Waals surface area contributed by atoms with Crippen LogP contribution in [-0.4, -0.2) is 32.0 Å². The van der Waals surface area contributed by atoms with Crippen molar-refractivity contribution in [3.63, 3.8) is 0 Å². The summed E-state index contributed by atoms with van der Waals surface area (Å²) in [7, 11) is 3.07. The largest absolute Gasteiger partial charge is 0.359 e. The van der Waals surface area contributed by atoms with E-state index in [1.165, 1.54) is 7.05 Å². The van der Waals surface area contributed by atoms with Crippen molar-refractivity contribution < 1.29 is 9.59 Å².